The molecule has 0 saturated heterocycles. The Labute approximate surface area is 79.1 Å². The van der Waals surface area contributed by atoms with Gasteiger partial charge < -0.3 is 15.9 Å². The van der Waals surface area contributed by atoms with Crippen molar-refractivity contribution in [3.8, 4) is 0 Å². The van der Waals surface area contributed by atoms with Crippen molar-refractivity contribution in [2.75, 3.05) is 0 Å². The second kappa shape index (κ2) is 4.91. The van der Waals surface area contributed by atoms with E-state index in [1.165, 1.54) is 0 Å². The molecule has 0 radical (unpaired) electrons. The van der Waals surface area contributed by atoms with Crippen LogP contribution >= 0.6 is 0 Å². The van der Waals surface area contributed by atoms with Crippen LogP contribution in [0.4, 0.5) is 0 Å². The Morgan fingerprint density at radius 2 is 1.77 bits per heavy atom. The molecule has 0 amide bonds. The van der Waals surface area contributed by atoms with Gasteiger partial charge in [-0.3, -0.25) is 5.32 Å². The van der Waals surface area contributed by atoms with E-state index in [4.69, 9.17) is 15.9 Å². The largest absolute Gasteiger partial charge is 0.379 e. The van der Waals surface area contributed by atoms with Crippen molar-refractivity contribution in [3.05, 3.63) is 0 Å². The zero-order valence-corrected chi connectivity index (χ0v) is 8.11. The lowest BCUT2D eigenvalue weighted by Crippen LogP contribution is -2.41. The van der Waals surface area contributed by atoms with Crippen LogP contribution in [0.5, 0.6) is 0 Å². The van der Waals surface area contributed by atoms with Crippen LogP contribution < -0.4 is 11.1 Å². The molecule has 1 aliphatic carbocycles. The average molecular weight is 188 g/mol. The molecule has 1 aliphatic rings. The molecule has 0 bridgehead atoms. The van der Waals surface area contributed by atoms with Crippen molar-refractivity contribution in [1.82, 2.24) is 5.32 Å². The van der Waals surface area contributed by atoms with Gasteiger partial charge in [0, 0.05) is 6.04 Å². The molecule has 78 valence electrons. The van der Waals surface area contributed by atoms with Crippen molar-refractivity contribution in [2.24, 2.45) is 11.7 Å². The summed E-state index contributed by atoms with van der Waals surface area (Å²) in [6.07, 6.45) is 2.76. The normalized spacial score (nSPS) is 34.2. The third-order valence-electron chi connectivity index (χ3n) is 2.73. The van der Waals surface area contributed by atoms with E-state index in [0.29, 0.717) is 6.04 Å². The maximum Gasteiger partial charge on any atom is 0.105 e. The van der Waals surface area contributed by atoms with E-state index in [1.807, 2.05) is 0 Å². The highest BCUT2D eigenvalue weighted by atomic mass is 16.3. The van der Waals surface area contributed by atoms with E-state index in [2.05, 4.69) is 5.32 Å². The molecule has 13 heavy (non-hydrogen) atoms. The van der Waals surface area contributed by atoms with Crippen molar-refractivity contribution >= 4 is 0 Å². The highest BCUT2D eigenvalue weighted by molar-refractivity contribution is 4.79. The van der Waals surface area contributed by atoms with Crippen molar-refractivity contribution in [1.29, 1.82) is 0 Å². The number of nitrogens with one attached hydrogen (secondary N) is 1. The van der Waals surface area contributed by atoms with E-state index in [-0.39, 0.29) is 5.92 Å². The zero-order valence-electron chi connectivity index (χ0n) is 8.11. The third kappa shape index (κ3) is 3.60. The molecule has 0 aliphatic heterocycles. The molecule has 1 saturated carbocycles. The molecule has 4 heteroatoms. The van der Waals surface area contributed by atoms with Crippen molar-refractivity contribution < 1.29 is 10.2 Å². The van der Waals surface area contributed by atoms with Crippen molar-refractivity contribution in [3.63, 3.8) is 0 Å². The molecule has 0 spiro atoms. The lowest BCUT2D eigenvalue weighted by atomic mass is 9.85. The van der Waals surface area contributed by atoms with Gasteiger partial charge >= 0.3 is 0 Å². The van der Waals surface area contributed by atoms with Crippen LogP contribution in [-0.2, 0) is 0 Å². The Morgan fingerprint density at radius 3 is 2.15 bits per heavy atom. The fourth-order valence-corrected chi connectivity index (χ4v) is 1.97. The lowest BCUT2D eigenvalue weighted by Gasteiger charge is -2.31. The summed E-state index contributed by atoms with van der Waals surface area (Å²) in [5, 5.41) is 21.3. The molecular weight excluding hydrogens is 168 g/mol. The monoisotopic (exact) mass is 188 g/mol. The Morgan fingerprint density at radius 1 is 1.23 bits per heavy atom. The van der Waals surface area contributed by atoms with Gasteiger partial charge in [-0.2, -0.15) is 0 Å². The van der Waals surface area contributed by atoms with Gasteiger partial charge in [0.05, 0.1) is 0 Å². The summed E-state index contributed by atoms with van der Waals surface area (Å²) in [5.41, 5.74) is 5.40. The number of nitrogens with two attached hydrogens (primary N) is 1. The molecule has 0 aromatic heterocycles. The quantitative estimate of drug-likeness (QED) is 0.461. The van der Waals surface area contributed by atoms with E-state index in [0.717, 1.165) is 25.7 Å². The fourth-order valence-electron chi connectivity index (χ4n) is 1.97. The first-order chi connectivity index (χ1) is 6.09. The minimum absolute atomic E-state index is 0.243. The summed E-state index contributed by atoms with van der Waals surface area (Å²) < 4.78 is 0. The van der Waals surface area contributed by atoms with Gasteiger partial charge in [0.2, 0.25) is 0 Å². The minimum Gasteiger partial charge on any atom is -0.379 e. The minimum atomic E-state index is -0.674. The summed E-state index contributed by atoms with van der Waals surface area (Å²) in [5.74, 6) is 0.243. The number of aliphatic hydroxyl groups is 2. The van der Waals surface area contributed by atoms with Crippen LogP contribution in [0.1, 0.15) is 32.6 Å². The molecule has 5 N–H and O–H groups in total. The molecule has 1 rings (SSSR count). The molecule has 0 aromatic rings. The molecule has 2 unspecified atom stereocenters. The molecule has 2 atom stereocenters. The van der Waals surface area contributed by atoms with Crippen LogP contribution in [-0.4, -0.2) is 28.7 Å². The highest BCUT2D eigenvalue weighted by Gasteiger charge is 2.24. The summed E-state index contributed by atoms with van der Waals surface area (Å²) in [4.78, 5) is 0. The Kier molecular flexibility index (Phi) is 4.12. The Balaban J connectivity index is 2.22. The van der Waals surface area contributed by atoms with Gasteiger partial charge in [-0.05, 0) is 38.5 Å². The van der Waals surface area contributed by atoms with Crippen LogP contribution in [0.2, 0.25) is 0 Å². The van der Waals surface area contributed by atoms with Gasteiger partial charge in [-0.15, -0.1) is 0 Å². The first kappa shape index (κ1) is 10.9. The Bertz CT molecular complexity index is 143. The summed E-state index contributed by atoms with van der Waals surface area (Å²) >= 11 is 0. The predicted octanol–water partition coefficient (Wildman–Crippen LogP) is -0.250. The number of rotatable bonds is 3. The van der Waals surface area contributed by atoms with Gasteiger partial charge in [0.25, 0.3) is 0 Å². The lowest BCUT2D eigenvalue weighted by molar-refractivity contribution is 0.0709. The third-order valence-corrected chi connectivity index (χ3v) is 2.73. The second-order valence-electron chi connectivity index (χ2n) is 3.94. The fraction of sp³-hybridized carbons (Fsp3) is 1.00. The maximum atomic E-state index is 9.15. The van der Waals surface area contributed by atoms with Gasteiger partial charge in [-0.25, -0.2) is 0 Å². The smallest absolute Gasteiger partial charge is 0.105 e. The first-order valence-electron chi connectivity index (χ1n) is 4.97. The number of hydrogen-bond donors (Lipinski definition) is 4. The SMILES string of the molecule is CC(O)NC1CCC(C(N)O)CC1. The van der Waals surface area contributed by atoms with Crippen LogP contribution in [0.3, 0.4) is 0 Å². The van der Waals surface area contributed by atoms with E-state index < -0.39 is 12.5 Å². The molecule has 0 heterocycles. The molecule has 0 aromatic carbocycles. The van der Waals surface area contributed by atoms with Gasteiger partial charge in [0.1, 0.15) is 12.5 Å². The number of hydrogen-bond acceptors (Lipinski definition) is 4. The summed E-state index contributed by atoms with van der Waals surface area (Å²) in [6.45, 7) is 1.73. The second-order valence-corrected chi connectivity index (χ2v) is 3.94. The van der Waals surface area contributed by atoms with Gasteiger partial charge in [-0.1, -0.05) is 0 Å². The van der Waals surface area contributed by atoms with E-state index >= 15 is 0 Å². The first-order valence-corrected chi connectivity index (χ1v) is 4.97. The van der Waals surface area contributed by atoms with Crippen molar-refractivity contribution in [2.45, 2.75) is 51.1 Å². The molecular formula is C9H20N2O2. The van der Waals surface area contributed by atoms with E-state index in [9.17, 15) is 0 Å². The maximum absolute atomic E-state index is 9.15. The van der Waals surface area contributed by atoms with E-state index in [1.54, 1.807) is 6.92 Å². The predicted molar refractivity (Wildman–Crippen MR) is 50.8 cm³/mol. The van der Waals surface area contributed by atoms with Crippen LogP contribution in [0.15, 0.2) is 0 Å². The highest BCUT2D eigenvalue weighted by Crippen LogP contribution is 2.25. The average Bonchev–Trinajstić information content (AvgIpc) is 2.04. The van der Waals surface area contributed by atoms with Crippen LogP contribution in [0, 0.1) is 5.92 Å². The summed E-state index contributed by atoms with van der Waals surface area (Å²) in [6, 6.07) is 0.384. The number of aliphatic hydroxyl groups excluding tert-OH is 2. The topological polar surface area (TPSA) is 78.5 Å². The van der Waals surface area contributed by atoms with Crippen LogP contribution in [0.25, 0.3) is 0 Å². The Hall–Kier alpha value is -0.160. The molecule has 4 nitrogen and oxygen atoms in total. The van der Waals surface area contributed by atoms with Gasteiger partial charge in [0.15, 0.2) is 0 Å². The zero-order chi connectivity index (χ0) is 9.84. The summed E-state index contributed by atoms with van der Waals surface area (Å²) in [7, 11) is 0. The molecule has 1 fully saturated rings. The standard InChI is InChI=1S/C9H20N2O2/c1-6(12)11-8-4-2-7(3-5-8)9(10)13/h6-9,11-13H,2-5,10H2,1H3.